The Bertz CT molecular complexity index is 863. The molecule has 0 unspecified atom stereocenters. The monoisotopic (exact) mass is 421 g/mol. The maximum absolute atomic E-state index is 12.5. The maximum atomic E-state index is 12.5. The molecule has 2 aromatic rings. The van der Waals surface area contributed by atoms with E-state index in [-0.39, 0.29) is 5.75 Å². The maximum Gasteiger partial charge on any atom is 0.220 e. The number of sulfonamides is 1. The van der Waals surface area contributed by atoms with Gasteiger partial charge in [-0.15, -0.1) is 0 Å². The lowest BCUT2D eigenvalue weighted by molar-refractivity contribution is 0.124. The highest BCUT2D eigenvalue weighted by atomic mass is 32.2. The van der Waals surface area contributed by atoms with Gasteiger partial charge in [-0.05, 0) is 5.56 Å². The quantitative estimate of drug-likeness (QED) is 0.384. The summed E-state index contributed by atoms with van der Waals surface area (Å²) in [6, 6.07) is 11.6. The van der Waals surface area contributed by atoms with E-state index in [1.165, 1.54) is 10.6 Å². The molecule has 9 nitrogen and oxygen atoms in total. The van der Waals surface area contributed by atoms with Gasteiger partial charge >= 0.3 is 0 Å². The Balaban J connectivity index is 1.39. The SMILES string of the molecule is CN=C(NCCOCc1ccccc1)N1CCN(S(=O)(=O)Cc2ccon2)CC1. The number of hydrogen-bond acceptors (Lipinski definition) is 6. The second-order valence-corrected chi connectivity index (χ2v) is 8.61. The van der Waals surface area contributed by atoms with Crippen LogP contribution in [0.15, 0.2) is 52.2 Å². The Morgan fingerprint density at radius 1 is 1.21 bits per heavy atom. The van der Waals surface area contributed by atoms with Crippen LogP contribution in [0.4, 0.5) is 0 Å². The summed E-state index contributed by atoms with van der Waals surface area (Å²) in [5, 5.41) is 6.96. The normalized spacial score (nSPS) is 16.2. The molecule has 2 heterocycles. The molecule has 0 saturated carbocycles. The molecule has 10 heteroatoms. The van der Waals surface area contributed by atoms with Crippen LogP contribution >= 0.6 is 0 Å². The average molecular weight is 422 g/mol. The molecule has 1 saturated heterocycles. The molecule has 1 aromatic heterocycles. The number of nitrogens with zero attached hydrogens (tertiary/aromatic N) is 4. The zero-order chi connectivity index (χ0) is 20.5. The van der Waals surface area contributed by atoms with Crippen molar-refractivity contribution in [3.8, 4) is 0 Å². The number of hydrogen-bond donors (Lipinski definition) is 1. The Kier molecular flexibility index (Phi) is 7.62. The Morgan fingerprint density at radius 3 is 2.62 bits per heavy atom. The molecule has 0 amide bonds. The summed E-state index contributed by atoms with van der Waals surface area (Å²) < 4.78 is 36.9. The van der Waals surface area contributed by atoms with E-state index < -0.39 is 10.0 Å². The van der Waals surface area contributed by atoms with E-state index in [2.05, 4.69) is 20.4 Å². The molecule has 29 heavy (non-hydrogen) atoms. The smallest absolute Gasteiger partial charge is 0.220 e. The van der Waals surface area contributed by atoms with Crippen LogP contribution in [0.3, 0.4) is 0 Å². The Labute approximate surface area is 171 Å². The second kappa shape index (κ2) is 10.4. The molecule has 1 N–H and O–H groups in total. The largest absolute Gasteiger partial charge is 0.375 e. The fourth-order valence-corrected chi connectivity index (χ4v) is 4.52. The van der Waals surface area contributed by atoms with Crippen LogP contribution in [0.25, 0.3) is 0 Å². The van der Waals surface area contributed by atoms with Crippen LogP contribution in [0.5, 0.6) is 0 Å². The summed E-state index contributed by atoms with van der Waals surface area (Å²) >= 11 is 0. The van der Waals surface area contributed by atoms with Crippen molar-refractivity contribution in [3.63, 3.8) is 0 Å². The zero-order valence-corrected chi connectivity index (χ0v) is 17.3. The van der Waals surface area contributed by atoms with Gasteiger partial charge in [-0.1, -0.05) is 35.5 Å². The molecular weight excluding hydrogens is 394 g/mol. The van der Waals surface area contributed by atoms with Crippen molar-refractivity contribution in [2.45, 2.75) is 12.4 Å². The van der Waals surface area contributed by atoms with E-state index in [0.29, 0.717) is 51.6 Å². The number of guanidine groups is 1. The van der Waals surface area contributed by atoms with Gasteiger partial charge in [0.1, 0.15) is 12.0 Å². The lowest BCUT2D eigenvalue weighted by Crippen LogP contribution is -2.54. The summed E-state index contributed by atoms with van der Waals surface area (Å²) in [6.07, 6.45) is 1.38. The van der Waals surface area contributed by atoms with E-state index >= 15 is 0 Å². The van der Waals surface area contributed by atoms with E-state index in [0.717, 1.165) is 11.5 Å². The summed E-state index contributed by atoms with van der Waals surface area (Å²) in [4.78, 5) is 6.36. The fourth-order valence-electron chi connectivity index (χ4n) is 3.10. The van der Waals surface area contributed by atoms with Gasteiger partial charge in [-0.25, -0.2) is 8.42 Å². The first-order chi connectivity index (χ1) is 14.1. The topological polar surface area (TPSA) is 100 Å². The van der Waals surface area contributed by atoms with Crippen LogP contribution in [0.1, 0.15) is 11.3 Å². The van der Waals surface area contributed by atoms with Crippen LogP contribution < -0.4 is 5.32 Å². The predicted molar refractivity (Wildman–Crippen MR) is 110 cm³/mol. The minimum Gasteiger partial charge on any atom is -0.375 e. The molecule has 1 aliphatic rings. The fraction of sp³-hybridized carbons (Fsp3) is 0.474. The molecule has 1 aliphatic heterocycles. The van der Waals surface area contributed by atoms with Crippen molar-refractivity contribution in [2.75, 3.05) is 46.4 Å². The van der Waals surface area contributed by atoms with Gasteiger partial charge in [0.15, 0.2) is 5.96 Å². The summed E-state index contributed by atoms with van der Waals surface area (Å²) in [5.41, 5.74) is 1.56. The van der Waals surface area contributed by atoms with E-state index in [4.69, 9.17) is 9.26 Å². The minimum absolute atomic E-state index is 0.144. The summed E-state index contributed by atoms with van der Waals surface area (Å²) in [5.74, 6) is 0.608. The Morgan fingerprint density at radius 2 is 1.97 bits per heavy atom. The van der Waals surface area contributed by atoms with E-state index in [9.17, 15) is 8.42 Å². The van der Waals surface area contributed by atoms with Crippen LogP contribution in [0.2, 0.25) is 0 Å². The highest BCUT2D eigenvalue weighted by Crippen LogP contribution is 2.12. The highest BCUT2D eigenvalue weighted by Gasteiger charge is 2.28. The molecule has 1 aromatic carbocycles. The molecular formula is C19H27N5O4S. The number of rotatable bonds is 8. The van der Waals surface area contributed by atoms with E-state index in [1.807, 2.05) is 30.3 Å². The lowest BCUT2D eigenvalue weighted by atomic mass is 10.2. The van der Waals surface area contributed by atoms with Crippen LogP contribution in [-0.2, 0) is 27.1 Å². The first-order valence-corrected chi connectivity index (χ1v) is 11.1. The molecule has 158 valence electrons. The van der Waals surface area contributed by atoms with Crippen molar-refractivity contribution >= 4 is 16.0 Å². The molecule has 0 bridgehead atoms. The molecule has 0 spiro atoms. The standard InChI is InChI=1S/C19H27N5O4S/c1-20-19(21-8-14-27-15-17-5-3-2-4-6-17)23-9-11-24(12-10-23)29(25,26)16-18-7-13-28-22-18/h2-7,13H,8-12,14-16H2,1H3,(H,20,21). The minimum atomic E-state index is -3.41. The first kappa shape index (κ1) is 21.3. The van der Waals surface area contributed by atoms with Gasteiger partial charge in [0.25, 0.3) is 0 Å². The van der Waals surface area contributed by atoms with Crippen molar-refractivity contribution in [1.82, 2.24) is 19.7 Å². The van der Waals surface area contributed by atoms with Crippen molar-refractivity contribution in [1.29, 1.82) is 0 Å². The third kappa shape index (κ3) is 6.28. The van der Waals surface area contributed by atoms with Gasteiger partial charge in [0.2, 0.25) is 10.0 Å². The van der Waals surface area contributed by atoms with Crippen molar-refractivity contribution < 1.29 is 17.7 Å². The van der Waals surface area contributed by atoms with Gasteiger partial charge in [0, 0.05) is 45.8 Å². The van der Waals surface area contributed by atoms with Crippen LogP contribution in [0, 0.1) is 0 Å². The summed E-state index contributed by atoms with van der Waals surface area (Å²) in [6.45, 7) is 3.72. The van der Waals surface area contributed by atoms with Gasteiger partial charge in [0.05, 0.1) is 18.9 Å². The van der Waals surface area contributed by atoms with E-state index in [1.54, 1.807) is 13.1 Å². The molecule has 0 atom stereocenters. The Hall–Kier alpha value is -2.43. The van der Waals surface area contributed by atoms with Gasteiger partial charge in [-0.2, -0.15) is 4.31 Å². The zero-order valence-electron chi connectivity index (χ0n) is 16.5. The first-order valence-electron chi connectivity index (χ1n) is 9.53. The predicted octanol–water partition coefficient (Wildman–Crippen LogP) is 0.914. The molecule has 0 radical (unpaired) electrons. The van der Waals surface area contributed by atoms with Crippen molar-refractivity contribution in [3.05, 3.63) is 53.9 Å². The van der Waals surface area contributed by atoms with Gasteiger partial charge < -0.3 is 19.5 Å². The average Bonchev–Trinajstić information content (AvgIpc) is 3.24. The molecule has 0 aliphatic carbocycles. The third-order valence-electron chi connectivity index (χ3n) is 4.61. The number of aromatic nitrogens is 1. The van der Waals surface area contributed by atoms with Gasteiger partial charge in [-0.3, -0.25) is 4.99 Å². The summed E-state index contributed by atoms with van der Waals surface area (Å²) in [7, 11) is -1.69. The van der Waals surface area contributed by atoms with Crippen molar-refractivity contribution in [2.24, 2.45) is 4.99 Å². The van der Waals surface area contributed by atoms with Crippen LogP contribution in [-0.4, -0.2) is 75.1 Å². The third-order valence-corrected chi connectivity index (χ3v) is 6.42. The number of aliphatic imine (C=N–C) groups is 1. The lowest BCUT2D eigenvalue weighted by Gasteiger charge is -2.35. The highest BCUT2D eigenvalue weighted by molar-refractivity contribution is 7.88. The molecule has 3 rings (SSSR count). The number of piperazine rings is 1. The number of ether oxygens (including phenoxy) is 1. The number of nitrogens with one attached hydrogen (secondary N) is 1. The molecule has 1 fully saturated rings. The second-order valence-electron chi connectivity index (χ2n) is 6.65. The number of benzene rings is 1.